The molecule has 6 nitrogen and oxygen atoms in total. The van der Waals surface area contributed by atoms with Crippen LogP contribution < -0.4 is 10.1 Å². The SMILES string of the molecule is CCOC1(C(=O)Nc2ccc(OCCOC)nc2)CCCC(C)C1. The molecule has 0 saturated heterocycles. The van der Waals surface area contributed by atoms with Gasteiger partial charge in [-0.05, 0) is 38.2 Å². The molecule has 0 spiro atoms. The monoisotopic (exact) mass is 336 g/mol. The van der Waals surface area contributed by atoms with E-state index in [0.717, 1.165) is 25.7 Å². The van der Waals surface area contributed by atoms with E-state index in [1.165, 1.54) is 0 Å². The number of pyridine rings is 1. The Labute approximate surface area is 143 Å². The van der Waals surface area contributed by atoms with Crippen LogP contribution in [0.2, 0.25) is 0 Å². The largest absolute Gasteiger partial charge is 0.475 e. The predicted octanol–water partition coefficient (Wildman–Crippen LogP) is 3.03. The van der Waals surface area contributed by atoms with Gasteiger partial charge < -0.3 is 19.5 Å². The standard InChI is InChI=1S/C18H28N2O4/c1-4-24-18(9-5-6-14(2)12-18)17(21)20-15-7-8-16(19-13-15)23-11-10-22-3/h7-8,13-14H,4-6,9-12H2,1-3H3,(H,20,21). The summed E-state index contributed by atoms with van der Waals surface area (Å²) < 4.78 is 16.2. The quantitative estimate of drug-likeness (QED) is 0.739. The first-order valence-electron chi connectivity index (χ1n) is 8.63. The summed E-state index contributed by atoms with van der Waals surface area (Å²) in [5.41, 5.74) is -0.0727. The van der Waals surface area contributed by atoms with Gasteiger partial charge in [0.15, 0.2) is 0 Å². The molecule has 1 N–H and O–H groups in total. The van der Waals surface area contributed by atoms with E-state index in [1.54, 1.807) is 25.4 Å². The highest BCUT2D eigenvalue weighted by Crippen LogP contribution is 2.36. The molecule has 0 aliphatic heterocycles. The normalized spacial score (nSPS) is 23.7. The Bertz CT molecular complexity index is 516. The number of rotatable bonds is 8. The topological polar surface area (TPSA) is 69.7 Å². The van der Waals surface area contributed by atoms with Crippen molar-refractivity contribution in [1.82, 2.24) is 4.98 Å². The molecule has 1 aromatic rings. The molecular weight excluding hydrogens is 308 g/mol. The summed E-state index contributed by atoms with van der Waals surface area (Å²) in [6.45, 7) is 5.59. The van der Waals surface area contributed by atoms with Crippen molar-refractivity contribution in [3.8, 4) is 5.88 Å². The van der Waals surface area contributed by atoms with Gasteiger partial charge in [-0.25, -0.2) is 4.98 Å². The van der Waals surface area contributed by atoms with Gasteiger partial charge >= 0.3 is 0 Å². The second-order valence-electron chi connectivity index (χ2n) is 6.31. The van der Waals surface area contributed by atoms with E-state index < -0.39 is 5.60 Å². The highest BCUT2D eigenvalue weighted by Gasteiger charge is 2.42. The molecule has 1 aliphatic rings. The van der Waals surface area contributed by atoms with Gasteiger partial charge in [0, 0.05) is 19.8 Å². The van der Waals surface area contributed by atoms with Gasteiger partial charge in [-0.15, -0.1) is 0 Å². The van der Waals surface area contributed by atoms with Crippen molar-refractivity contribution >= 4 is 11.6 Å². The lowest BCUT2D eigenvalue weighted by Crippen LogP contribution is -2.48. The number of methoxy groups -OCH3 is 1. The Hall–Kier alpha value is -1.66. The Morgan fingerprint density at radius 3 is 2.88 bits per heavy atom. The zero-order chi connectivity index (χ0) is 17.4. The predicted molar refractivity (Wildman–Crippen MR) is 92.2 cm³/mol. The van der Waals surface area contributed by atoms with Gasteiger partial charge in [-0.3, -0.25) is 4.79 Å². The fraction of sp³-hybridized carbons (Fsp3) is 0.667. The highest BCUT2D eigenvalue weighted by atomic mass is 16.5. The van der Waals surface area contributed by atoms with Crippen LogP contribution in [0.5, 0.6) is 5.88 Å². The Morgan fingerprint density at radius 1 is 1.42 bits per heavy atom. The molecule has 2 atom stereocenters. The second kappa shape index (κ2) is 8.99. The smallest absolute Gasteiger partial charge is 0.256 e. The maximum absolute atomic E-state index is 12.8. The molecule has 1 aliphatic carbocycles. The first-order chi connectivity index (χ1) is 11.6. The minimum atomic E-state index is -0.722. The molecule has 1 amide bonds. The van der Waals surface area contributed by atoms with Crippen molar-refractivity contribution in [3.63, 3.8) is 0 Å². The highest BCUT2D eigenvalue weighted by molar-refractivity contribution is 5.97. The van der Waals surface area contributed by atoms with E-state index >= 15 is 0 Å². The number of amides is 1. The number of ether oxygens (including phenoxy) is 3. The van der Waals surface area contributed by atoms with Gasteiger partial charge in [0.2, 0.25) is 5.88 Å². The third-order valence-corrected chi connectivity index (χ3v) is 4.32. The van der Waals surface area contributed by atoms with Crippen molar-refractivity contribution in [2.75, 3.05) is 32.2 Å². The van der Waals surface area contributed by atoms with E-state index in [0.29, 0.717) is 37.3 Å². The Morgan fingerprint density at radius 2 is 2.25 bits per heavy atom. The first kappa shape index (κ1) is 18.7. The average Bonchev–Trinajstić information content (AvgIpc) is 2.57. The molecule has 2 rings (SSSR count). The van der Waals surface area contributed by atoms with Crippen LogP contribution in [0.25, 0.3) is 0 Å². The lowest BCUT2D eigenvalue weighted by molar-refractivity contribution is -0.147. The molecular formula is C18H28N2O4. The number of carbonyl (C=O) groups is 1. The van der Waals surface area contributed by atoms with Crippen molar-refractivity contribution in [1.29, 1.82) is 0 Å². The maximum atomic E-state index is 12.8. The van der Waals surface area contributed by atoms with E-state index in [-0.39, 0.29) is 5.91 Å². The van der Waals surface area contributed by atoms with Gasteiger partial charge in [0.1, 0.15) is 12.2 Å². The fourth-order valence-corrected chi connectivity index (χ4v) is 3.20. The molecule has 134 valence electrons. The van der Waals surface area contributed by atoms with Crippen LogP contribution in [0.3, 0.4) is 0 Å². The van der Waals surface area contributed by atoms with Crippen LogP contribution in [0.4, 0.5) is 5.69 Å². The Kier molecular flexibility index (Phi) is 6.99. The van der Waals surface area contributed by atoms with Crippen LogP contribution in [0.1, 0.15) is 39.5 Å². The zero-order valence-electron chi connectivity index (χ0n) is 14.8. The molecule has 0 bridgehead atoms. The minimum Gasteiger partial charge on any atom is -0.475 e. The summed E-state index contributed by atoms with van der Waals surface area (Å²) in [5, 5.41) is 2.95. The number of anilines is 1. The lowest BCUT2D eigenvalue weighted by Gasteiger charge is -2.38. The lowest BCUT2D eigenvalue weighted by atomic mass is 9.78. The summed E-state index contributed by atoms with van der Waals surface area (Å²) in [4.78, 5) is 17.0. The number of nitrogens with one attached hydrogen (secondary N) is 1. The van der Waals surface area contributed by atoms with Crippen molar-refractivity contribution in [3.05, 3.63) is 18.3 Å². The molecule has 1 heterocycles. The maximum Gasteiger partial charge on any atom is 0.256 e. The van der Waals surface area contributed by atoms with Gasteiger partial charge in [-0.1, -0.05) is 13.3 Å². The van der Waals surface area contributed by atoms with Crippen LogP contribution in [-0.4, -0.2) is 43.4 Å². The van der Waals surface area contributed by atoms with Gasteiger partial charge in [0.25, 0.3) is 5.91 Å². The molecule has 1 fully saturated rings. The molecule has 24 heavy (non-hydrogen) atoms. The summed E-state index contributed by atoms with van der Waals surface area (Å²) >= 11 is 0. The van der Waals surface area contributed by atoms with E-state index in [1.807, 2.05) is 6.92 Å². The average molecular weight is 336 g/mol. The third kappa shape index (κ3) is 4.92. The van der Waals surface area contributed by atoms with Crippen molar-refractivity contribution in [2.45, 2.75) is 45.1 Å². The summed E-state index contributed by atoms with van der Waals surface area (Å²) in [7, 11) is 1.62. The molecule has 6 heteroatoms. The Balaban J connectivity index is 1.98. The van der Waals surface area contributed by atoms with Crippen LogP contribution in [0.15, 0.2) is 18.3 Å². The van der Waals surface area contributed by atoms with Crippen LogP contribution in [-0.2, 0) is 14.3 Å². The van der Waals surface area contributed by atoms with Crippen molar-refractivity contribution < 1.29 is 19.0 Å². The zero-order valence-corrected chi connectivity index (χ0v) is 14.8. The van der Waals surface area contributed by atoms with E-state index in [2.05, 4.69) is 17.2 Å². The summed E-state index contributed by atoms with van der Waals surface area (Å²) in [6, 6.07) is 3.53. The minimum absolute atomic E-state index is 0.0780. The van der Waals surface area contributed by atoms with Crippen molar-refractivity contribution in [2.24, 2.45) is 5.92 Å². The van der Waals surface area contributed by atoms with Gasteiger partial charge in [0.05, 0.1) is 18.5 Å². The van der Waals surface area contributed by atoms with E-state index in [9.17, 15) is 4.79 Å². The van der Waals surface area contributed by atoms with Gasteiger partial charge in [-0.2, -0.15) is 0 Å². The fourth-order valence-electron chi connectivity index (χ4n) is 3.20. The number of aromatic nitrogens is 1. The molecule has 0 radical (unpaired) electrons. The molecule has 1 aromatic heterocycles. The third-order valence-electron chi connectivity index (χ3n) is 4.32. The number of nitrogens with zero attached hydrogens (tertiary/aromatic N) is 1. The van der Waals surface area contributed by atoms with E-state index in [4.69, 9.17) is 14.2 Å². The van der Waals surface area contributed by atoms with Crippen LogP contribution >= 0.6 is 0 Å². The number of hydrogen-bond acceptors (Lipinski definition) is 5. The number of carbonyl (C=O) groups excluding carboxylic acids is 1. The first-order valence-corrected chi connectivity index (χ1v) is 8.63. The molecule has 0 aromatic carbocycles. The summed E-state index contributed by atoms with van der Waals surface area (Å²) in [5.74, 6) is 0.923. The molecule has 2 unspecified atom stereocenters. The summed E-state index contributed by atoms with van der Waals surface area (Å²) in [6.07, 6.45) is 5.29. The second-order valence-corrected chi connectivity index (χ2v) is 6.31. The molecule has 1 saturated carbocycles. The number of hydrogen-bond donors (Lipinski definition) is 1. The van der Waals surface area contributed by atoms with Crippen LogP contribution in [0, 0.1) is 5.92 Å².